The molecule has 2 aromatic carbocycles. The van der Waals surface area contributed by atoms with Gasteiger partial charge in [0.15, 0.2) is 0 Å². The average Bonchev–Trinajstić information content (AvgIpc) is 2.45. The predicted octanol–water partition coefficient (Wildman–Crippen LogP) is 4.38. The van der Waals surface area contributed by atoms with Crippen molar-refractivity contribution in [3.63, 3.8) is 0 Å². The molecule has 0 radical (unpaired) electrons. The number of rotatable bonds is 3. The summed E-state index contributed by atoms with van der Waals surface area (Å²) in [4.78, 5) is 3.67. The van der Waals surface area contributed by atoms with E-state index in [2.05, 4.69) is 25.6 Å². The third-order valence-corrected chi connectivity index (χ3v) is 5.65. The number of hydrogen-bond donors (Lipinski definition) is 1. The van der Waals surface area contributed by atoms with Crippen molar-refractivity contribution in [2.75, 3.05) is 4.72 Å². The summed E-state index contributed by atoms with van der Waals surface area (Å²) in [6.45, 7) is 1.72. The molecule has 0 fully saturated rings. The molecule has 124 valence electrons. The molecule has 8 heteroatoms. The van der Waals surface area contributed by atoms with Crippen LogP contribution in [0.1, 0.15) is 5.69 Å². The van der Waals surface area contributed by atoms with Crippen LogP contribution in [0.3, 0.4) is 0 Å². The molecule has 0 saturated heterocycles. The summed E-state index contributed by atoms with van der Waals surface area (Å²) >= 11 is 2.90. The highest BCUT2D eigenvalue weighted by molar-refractivity contribution is 9.10. The van der Waals surface area contributed by atoms with Gasteiger partial charge in [0.2, 0.25) is 0 Å². The lowest BCUT2D eigenvalue weighted by molar-refractivity contribution is 0.548. The quantitative estimate of drug-likeness (QED) is 0.693. The van der Waals surface area contributed by atoms with Gasteiger partial charge in [-0.3, -0.25) is 9.71 Å². The number of pyridine rings is 1. The van der Waals surface area contributed by atoms with Gasteiger partial charge in [0, 0.05) is 21.6 Å². The maximum absolute atomic E-state index is 14.0. The van der Waals surface area contributed by atoms with Crippen molar-refractivity contribution in [1.29, 1.82) is 0 Å². The van der Waals surface area contributed by atoms with Gasteiger partial charge in [-0.05, 0) is 41.1 Å². The molecule has 0 aliphatic carbocycles. The molecule has 1 heterocycles. The third kappa shape index (κ3) is 3.11. The fourth-order valence-corrected chi connectivity index (χ4v) is 4.61. The maximum Gasteiger partial charge on any atom is 0.265 e. The Morgan fingerprint density at radius 2 is 1.83 bits per heavy atom. The normalized spacial score (nSPS) is 11.7. The van der Waals surface area contributed by atoms with Gasteiger partial charge in [0.25, 0.3) is 10.0 Å². The van der Waals surface area contributed by atoms with Crippen LogP contribution in [-0.2, 0) is 10.0 Å². The molecule has 24 heavy (non-hydrogen) atoms. The van der Waals surface area contributed by atoms with E-state index in [1.54, 1.807) is 37.3 Å². The Bertz CT molecular complexity index is 1030. The van der Waals surface area contributed by atoms with Crippen LogP contribution in [0.2, 0.25) is 0 Å². The van der Waals surface area contributed by atoms with Crippen molar-refractivity contribution in [1.82, 2.24) is 4.98 Å². The monoisotopic (exact) mass is 412 g/mol. The van der Waals surface area contributed by atoms with E-state index in [0.29, 0.717) is 22.7 Å². The molecule has 1 N–H and O–H groups in total. The second kappa shape index (κ2) is 6.10. The van der Waals surface area contributed by atoms with Gasteiger partial charge in [-0.15, -0.1) is 0 Å². The summed E-state index contributed by atoms with van der Waals surface area (Å²) < 4.78 is 54.5. The van der Waals surface area contributed by atoms with Gasteiger partial charge >= 0.3 is 0 Å². The van der Waals surface area contributed by atoms with Crippen molar-refractivity contribution < 1.29 is 17.2 Å². The van der Waals surface area contributed by atoms with E-state index >= 15 is 0 Å². The Morgan fingerprint density at radius 1 is 1.12 bits per heavy atom. The molecular formula is C16H11BrF2N2O2S. The molecule has 0 saturated carbocycles. The number of nitrogens with one attached hydrogen (secondary N) is 1. The van der Waals surface area contributed by atoms with E-state index in [0.717, 1.165) is 6.07 Å². The Labute approximate surface area is 145 Å². The summed E-state index contributed by atoms with van der Waals surface area (Å²) in [5.41, 5.74) is 1.48. The van der Waals surface area contributed by atoms with E-state index in [9.17, 15) is 17.2 Å². The van der Waals surface area contributed by atoms with Gasteiger partial charge in [-0.2, -0.15) is 0 Å². The third-order valence-electron chi connectivity index (χ3n) is 3.32. The Morgan fingerprint density at radius 3 is 2.54 bits per heavy atom. The first-order valence-electron chi connectivity index (χ1n) is 6.82. The molecule has 0 bridgehead atoms. The molecule has 0 amide bonds. The molecule has 0 spiro atoms. The molecule has 1 aromatic heterocycles. The number of halogens is 3. The van der Waals surface area contributed by atoms with E-state index in [4.69, 9.17) is 0 Å². The van der Waals surface area contributed by atoms with Crippen LogP contribution in [0, 0.1) is 18.6 Å². The number of fused-ring (bicyclic) bond motifs is 1. The van der Waals surface area contributed by atoms with Crippen molar-refractivity contribution in [2.24, 2.45) is 0 Å². The minimum absolute atomic E-state index is 0.192. The van der Waals surface area contributed by atoms with Gasteiger partial charge in [0.05, 0.1) is 11.2 Å². The zero-order chi connectivity index (χ0) is 17.5. The number of hydrogen-bond acceptors (Lipinski definition) is 3. The lowest BCUT2D eigenvalue weighted by Crippen LogP contribution is -2.16. The second-order valence-electron chi connectivity index (χ2n) is 5.13. The molecular weight excluding hydrogens is 402 g/mol. The lowest BCUT2D eigenvalue weighted by Gasteiger charge is -2.13. The lowest BCUT2D eigenvalue weighted by atomic mass is 10.2. The van der Waals surface area contributed by atoms with E-state index < -0.39 is 26.6 Å². The molecule has 0 aliphatic heterocycles. The van der Waals surface area contributed by atoms with Crippen LogP contribution < -0.4 is 4.72 Å². The van der Waals surface area contributed by atoms with Gasteiger partial charge in [0.1, 0.15) is 16.5 Å². The predicted molar refractivity (Wildman–Crippen MR) is 91.3 cm³/mol. The van der Waals surface area contributed by atoms with Crippen LogP contribution in [0.15, 0.2) is 51.8 Å². The van der Waals surface area contributed by atoms with Crippen molar-refractivity contribution in [3.05, 3.63) is 64.3 Å². The average molecular weight is 413 g/mol. The number of anilines is 1. The maximum atomic E-state index is 14.0. The highest BCUT2D eigenvalue weighted by atomic mass is 79.9. The molecule has 3 aromatic rings. The first kappa shape index (κ1) is 16.8. The van der Waals surface area contributed by atoms with Gasteiger partial charge in [-0.1, -0.05) is 18.2 Å². The Balaban J connectivity index is 2.15. The minimum atomic E-state index is -4.27. The molecule has 3 rings (SSSR count). The van der Waals surface area contributed by atoms with Crippen molar-refractivity contribution in [3.8, 4) is 0 Å². The summed E-state index contributed by atoms with van der Waals surface area (Å²) in [6.07, 6.45) is 0. The zero-order valence-electron chi connectivity index (χ0n) is 12.3. The summed E-state index contributed by atoms with van der Waals surface area (Å²) in [5, 5.41) is 0.574. The number of aryl methyl sites for hydroxylation is 1. The van der Waals surface area contributed by atoms with Crippen LogP contribution >= 0.6 is 15.9 Å². The smallest absolute Gasteiger partial charge is 0.265 e. The largest absolute Gasteiger partial charge is 0.279 e. The SMILES string of the molecule is Cc1cc(NS(=O)(=O)c2c(F)cc(F)cc2Br)c2ccccc2n1. The minimum Gasteiger partial charge on any atom is -0.279 e. The Kier molecular flexibility index (Phi) is 4.27. The Hall–Kier alpha value is -2.06. The first-order chi connectivity index (χ1) is 11.3. The van der Waals surface area contributed by atoms with Crippen LogP contribution in [0.4, 0.5) is 14.5 Å². The van der Waals surface area contributed by atoms with E-state index in [-0.39, 0.29) is 10.2 Å². The summed E-state index contributed by atoms with van der Waals surface area (Å²) in [6, 6.07) is 9.94. The fraction of sp³-hybridized carbons (Fsp3) is 0.0625. The summed E-state index contributed by atoms with van der Waals surface area (Å²) in [7, 11) is -4.27. The number of sulfonamides is 1. The van der Waals surface area contributed by atoms with Crippen molar-refractivity contribution >= 4 is 42.5 Å². The standard InChI is InChI=1S/C16H11BrF2N2O2S/c1-9-6-15(11-4-2-3-5-14(11)20-9)21-24(22,23)16-12(17)7-10(18)8-13(16)19/h2-8H,1H3,(H,20,21). The second-order valence-corrected chi connectivity index (χ2v) is 7.61. The molecule has 4 nitrogen and oxygen atoms in total. The van der Waals surface area contributed by atoms with Crippen LogP contribution in [0.5, 0.6) is 0 Å². The van der Waals surface area contributed by atoms with Gasteiger partial charge < -0.3 is 0 Å². The molecule has 0 unspecified atom stereocenters. The fourth-order valence-electron chi connectivity index (χ4n) is 2.37. The summed E-state index contributed by atoms with van der Waals surface area (Å²) in [5.74, 6) is -2.05. The molecule has 0 aliphatic rings. The highest BCUT2D eigenvalue weighted by Crippen LogP contribution is 2.30. The van der Waals surface area contributed by atoms with Crippen LogP contribution in [-0.4, -0.2) is 13.4 Å². The number of para-hydroxylation sites is 1. The van der Waals surface area contributed by atoms with E-state index in [1.807, 2.05) is 0 Å². The number of aromatic nitrogens is 1. The molecule has 0 atom stereocenters. The van der Waals surface area contributed by atoms with Crippen LogP contribution in [0.25, 0.3) is 10.9 Å². The first-order valence-corrected chi connectivity index (χ1v) is 9.09. The number of nitrogens with zero attached hydrogens (tertiary/aromatic N) is 1. The zero-order valence-corrected chi connectivity index (χ0v) is 14.7. The van der Waals surface area contributed by atoms with Gasteiger partial charge in [-0.25, -0.2) is 17.2 Å². The highest BCUT2D eigenvalue weighted by Gasteiger charge is 2.24. The topological polar surface area (TPSA) is 59.1 Å². The van der Waals surface area contributed by atoms with Crippen molar-refractivity contribution in [2.45, 2.75) is 11.8 Å². The number of benzene rings is 2. The van der Waals surface area contributed by atoms with E-state index in [1.165, 1.54) is 0 Å².